The van der Waals surface area contributed by atoms with Crippen molar-refractivity contribution in [3.8, 4) is 0 Å². The van der Waals surface area contributed by atoms with E-state index in [1.165, 1.54) is 38.9 Å². The average Bonchev–Trinajstić information content (AvgIpc) is 3.50. The molecule has 2 heterocycles. The molecule has 0 bridgehead atoms. The van der Waals surface area contributed by atoms with Crippen LogP contribution in [0.4, 0.5) is 0 Å². The molecule has 2 N–H and O–H groups in total. The lowest BCUT2D eigenvalue weighted by Crippen LogP contribution is -2.54. The van der Waals surface area contributed by atoms with Crippen molar-refractivity contribution in [2.75, 3.05) is 66.0 Å². The second-order valence-corrected chi connectivity index (χ2v) is 8.25. The molecule has 0 aromatic rings. The molecule has 154 valence electrons. The Hall–Kier alpha value is -1.34. The smallest absolute Gasteiger partial charge is 0.234 e. The van der Waals surface area contributed by atoms with Crippen LogP contribution in [0, 0.1) is 5.92 Å². The summed E-state index contributed by atoms with van der Waals surface area (Å²) in [5.74, 6) is 2.05. The minimum atomic E-state index is 0.183. The van der Waals surface area contributed by atoms with Crippen molar-refractivity contribution < 1.29 is 4.79 Å². The van der Waals surface area contributed by atoms with Gasteiger partial charge in [0, 0.05) is 45.8 Å². The van der Waals surface area contributed by atoms with Crippen molar-refractivity contribution in [3.63, 3.8) is 0 Å². The Labute approximate surface area is 164 Å². The topological polar surface area (TPSA) is 63.2 Å². The first-order valence-corrected chi connectivity index (χ1v) is 10.9. The van der Waals surface area contributed by atoms with E-state index in [0.29, 0.717) is 12.6 Å². The van der Waals surface area contributed by atoms with Crippen LogP contribution >= 0.6 is 0 Å². The molecule has 2 saturated heterocycles. The van der Waals surface area contributed by atoms with Gasteiger partial charge >= 0.3 is 0 Å². The van der Waals surface area contributed by atoms with E-state index in [9.17, 15) is 4.79 Å². The average molecular weight is 379 g/mol. The Morgan fingerprint density at radius 1 is 1.00 bits per heavy atom. The van der Waals surface area contributed by atoms with Crippen LogP contribution in [0.5, 0.6) is 0 Å². The first-order chi connectivity index (χ1) is 13.2. The lowest BCUT2D eigenvalue weighted by atomic mass is 9.93. The first-order valence-electron chi connectivity index (χ1n) is 10.9. The molecule has 0 atom stereocenters. The Kier molecular flexibility index (Phi) is 7.76. The number of rotatable bonds is 7. The van der Waals surface area contributed by atoms with Crippen LogP contribution in [0.25, 0.3) is 0 Å². The lowest BCUT2D eigenvalue weighted by molar-refractivity contribution is -0.122. The molecule has 1 saturated carbocycles. The Bertz CT molecular complexity index is 491. The van der Waals surface area contributed by atoms with Gasteiger partial charge in [0.2, 0.25) is 5.91 Å². The van der Waals surface area contributed by atoms with E-state index in [2.05, 4.69) is 37.2 Å². The van der Waals surface area contributed by atoms with Crippen LogP contribution in [-0.4, -0.2) is 98.6 Å². The Morgan fingerprint density at radius 2 is 1.70 bits per heavy atom. The summed E-state index contributed by atoms with van der Waals surface area (Å²) >= 11 is 0. The minimum absolute atomic E-state index is 0.183. The molecular formula is C20H38N6O. The summed E-state index contributed by atoms with van der Waals surface area (Å²) in [6.07, 6.45) is 6.20. The van der Waals surface area contributed by atoms with Crippen molar-refractivity contribution in [2.45, 2.75) is 45.1 Å². The van der Waals surface area contributed by atoms with Gasteiger partial charge in [-0.25, -0.2) is 0 Å². The number of hydrogen-bond acceptors (Lipinski definition) is 4. The number of guanidine groups is 1. The summed E-state index contributed by atoms with van der Waals surface area (Å²) < 4.78 is 0. The number of piperidine rings is 1. The highest BCUT2D eigenvalue weighted by molar-refractivity contribution is 5.80. The standard InChI is InChI=1S/C20H38N6O/c1-3-24-10-7-17(8-11-24)6-9-22-20(21-2)26-14-12-25(13-15-26)16-19(27)23-18-4-5-18/h17-18H,3-16H2,1-2H3,(H,21,22)(H,23,27). The number of aliphatic imine (C=N–C) groups is 1. The molecule has 7 nitrogen and oxygen atoms in total. The molecule has 0 spiro atoms. The van der Waals surface area contributed by atoms with Crippen LogP contribution in [0.1, 0.15) is 39.0 Å². The zero-order valence-corrected chi connectivity index (χ0v) is 17.3. The van der Waals surface area contributed by atoms with Gasteiger partial charge < -0.3 is 20.4 Å². The van der Waals surface area contributed by atoms with Gasteiger partial charge in [0.15, 0.2) is 5.96 Å². The minimum Gasteiger partial charge on any atom is -0.356 e. The monoisotopic (exact) mass is 378 g/mol. The second-order valence-electron chi connectivity index (χ2n) is 8.25. The number of likely N-dealkylation sites (tertiary alicyclic amines) is 1. The summed E-state index contributed by atoms with van der Waals surface area (Å²) in [4.78, 5) is 23.6. The maximum atomic E-state index is 12.0. The molecule has 0 radical (unpaired) electrons. The quantitative estimate of drug-likeness (QED) is 0.501. The number of nitrogens with one attached hydrogen (secondary N) is 2. The van der Waals surface area contributed by atoms with Crippen molar-refractivity contribution in [3.05, 3.63) is 0 Å². The number of carbonyl (C=O) groups excluding carboxylic acids is 1. The van der Waals surface area contributed by atoms with Gasteiger partial charge in [0.1, 0.15) is 0 Å². The van der Waals surface area contributed by atoms with E-state index in [-0.39, 0.29) is 5.91 Å². The van der Waals surface area contributed by atoms with Crippen LogP contribution in [0.15, 0.2) is 4.99 Å². The van der Waals surface area contributed by atoms with E-state index in [1.54, 1.807) is 0 Å². The van der Waals surface area contributed by atoms with Gasteiger partial charge in [-0.05, 0) is 57.7 Å². The van der Waals surface area contributed by atoms with E-state index in [0.717, 1.165) is 57.4 Å². The van der Waals surface area contributed by atoms with Crippen LogP contribution in [0.2, 0.25) is 0 Å². The molecule has 2 aliphatic heterocycles. The summed E-state index contributed by atoms with van der Waals surface area (Å²) in [6, 6.07) is 0.455. The van der Waals surface area contributed by atoms with Crippen molar-refractivity contribution in [1.29, 1.82) is 0 Å². The molecule has 3 fully saturated rings. The lowest BCUT2D eigenvalue weighted by Gasteiger charge is -2.36. The van der Waals surface area contributed by atoms with Crippen molar-refractivity contribution in [2.24, 2.45) is 10.9 Å². The predicted octanol–water partition coefficient (Wildman–Crippen LogP) is 0.580. The number of hydrogen-bond donors (Lipinski definition) is 2. The fraction of sp³-hybridized carbons (Fsp3) is 0.900. The van der Waals surface area contributed by atoms with Crippen molar-refractivity contribution in [1.82, 2.24) is 25.3 Å². The zero-order chi connectivity index (χ0) is 19.1. The van der Waals surface area contributed by atoms with Gasteiger partial charge in [0.05, 0.1) is 6.54 Å². The molecule has 7 heteroatoms. The Morgan fingerprint density at radius 3 is 2.30 bits per heavy atom. The maximum absolute atomic E-state index is 12.0. The highest BCUT2D eigenvalue weighted by Crippen LogP contribution is 2.20. The fourth-order valence-corrected chi connectivity index (χ4v) is 4.13. The largest absolute Gasteiger partial charge is 0.356 e. The molecule has 3 aliphatic rings. The second kappa shape index (κ2) is 10.3. The summed E-state index contributed by atoms with van der Waals surface area (Å²) in [5.41, 5.74) is 0. The van der Waals surface area contributed by atoms with Gasteiger partial charge in [-0.15, -0.1) is 0 Å². The number of piperazine rings is 1. The van der Waals surface area contributed by atoms with Gasteiger partial charge in [-0.3, -0.25) is 14.7 Å². The maximum Gasteiger partial charge on any atom is 0.234 e. The molecular weight excluding hydrogens is 340 g/mol. The third-order valence-corrected chi connectivity index (χ3v) is 6.18. The highest BCUT2D eigenvalue weighted by Gasteiger charge is 2.26. The van der Waals surface area contributed by atoms with E-state index in [4.69, 9.17) is 0 Å². The summed E-state index contributed by atoms with van der Waals surface area (Å²) in [6.45, 7) is 11.2. The van der Waals surface area contributed by atoms with Crippen LogP contribution in [-0.2, 0) is 4.79 Å². The molecule has 0 unspecified atom stereocenters. The number of nitrogens with zero attached hydrogens (tertiary/aromatic N) is 4. The van der Waals surface area contributed by atoms with E-state index in [1.807, 2.05) is 7.05 Å². The summed E-state index contributed by atoms with van der Waals surface area (Å²) in [5, 5.41) is 6.64. The third-order valence-electron chi connectivity index (χ3n) is 6.18. The molecule has 0 aromatic heterocycles. The SMILES string of the molecule is CCN1CCC(CCNC(=NC)N2CCN(CC(=O)NC3CC3)CC2)CC1. The zero-order valence-electron chi connectivity index (χ0n) is 17.3. The normalized spacial score (nSPS) is 23.5. The Balaban J connectivity index is 1.31. The third kappa shape index (κ3) is 6.64. The highest BCUT2D eigenvalue weighted by atomic mass is 16.2. The molecule has 0 aromatic carbocycles. The first kappa shape index (κ1) is 20.4. The van der Waals surface area contributed by atoms with Crippen LogP contribution in [0.3, 0.4) is 0 Å². The van der Waals surface area contributed by atoms with Gasteiger partial charge in [-0.2, -0.15) is 0 Å². The number of amides is 1. The van der Waals surface area contributed by atoms with E-state index < -0.39 is 0 Å². The molecule has 1 amide bonds. The van der Waals surface area contributed by atoms with Crippen LogP contribution < -0.4 is 10.6 Å². The fourth-order valence-electron chi connectivity index (χ4n) is 4.13. The summed E-state index contributed by atoms with van der Waals surface area (Å²) in [7, 11) is 1.87. The molecule has 3 rings (SSSR count). The van der Waals surface area contributed by atoms with E-state index >= 15 is 0 Å². The van der Waals surface area contributed by atoms with Crippen molar-refractivity contribution >= 4 is 11.9 Å². The van der Waals surface area contributed by atoms with Gasteiger partial charge in [-0.1, -0.05) is 6.92 Å². The molecule has 27 heavy (non-hydrogen) atoms. The van der Waals surface area contributed by atoms with Gasteiger partial charge in [0.25, 0.3) is 0 Å². The predicted molar refractivity (Wildman–Crippen MR) is 110 cm³/mol. The number of carbonyl (C=O) groups is 1. The molecule has 1 aliphatic carbocycles.